The Kier molecular flexibility index (Phi) is 6.20. The third-order valence-electron chi connectivity index (χ3n) is 3.54. The van der Waals surface area contributed by atoms with Crippen LogP contribution in [0.1, 0.15) is 12.0 Å². The first-order chi connectivity index (χ1) is 13.0. The molecule has 0 bridgehead atoms. The third kappa shape index (κ3) is 5.15. The maximum atomic E-state index is 13.7. The number of halogens is 2. The van der Waals surface area contributed by atoms with Gasteiger partial charge in [0.2, 0.25) is 11.8 Å². The molecular formula is C18H14ClFN4O2S. The van der Waals surface area contributed by atoms with Crippen molar-refractivity contribution in [3.05, 3.63) is 64.9 Å². The fraction of sp³-hybridized carbons (Fsp3) is 0.111. The second kappa shape index (κ2) is 8.79. The van der Waals surface area contributed by atoms with E-state index in [1.54, 1.807) is 24.3 Å². The number of rotatable bonds is 5. The molecule has 1 aliphatic rings. The largest absolute Gasteiger partial charge is 0.326 e. The molecule has 0 spiro atoms. The van der Waals surface area contributed by atoms with Gasteiger partial charge in [0.1, 0.15) is 11.1 Å². The number of thioether (sulfide) groups is 1. The van der Waals surface area contributed by atoms with E-state index in [4.69, 9.17) is 11.6 Å². The maximum Gasteiger partial charge on any atom is 0.240 e. The fourth-order valence-electron chi connectivity index (χ4n) is 2.26. The van der Waals surface area contributed by atoms with Crippen LogP contribution in [0, 0.1) is 5.82 Å². The van der Waals surface area contributed by atoms with Gasteiger partial charge in [0, 0.05) is 17.7 Å². The number of nitrogens with zero attached hydrogens (tertiary/aromatic N) is 2. The van der Waals surface area contributed by atoms with Crippen LogP contribution < -0.4 is 10.6 Å². The summed E-state index contributed by atoms with van der Waals surface area (Å²) in [4.78, 5) is 24.1. The highest BCUT2D eigenvalue weighted by Gasteiger charge is 2.32. The summed E-state index contributed by atoms with van der Waals surface area (Å²) in [5.41, 5.74) is 0.766. The molecule has 9 heteroatoms. The van der Waals surface area contributed by atoms with Crippen molar-refractivity contribution < 1.29 is 14.0 Å². The molecule has 138 valence electrons. The van der Waals surface area contributed by atoms with Gasteiger partial charge >= 0.3 is 0 Å². The molecule has 1 saturated heterocycles. The number of amidine groups is 1. The molecule has 1 heterocycles. The van der Waals surface area contributed by atoms with Crippen molar-refractivity contribution in [2.75, 3.05) is 5.32 Å². The van der Waals surface area contributed by atoms with Crippen molar-refractivity contribution in [2.45, 2.75) is 11.7 Å². The molecule has 27 heavy (non-hydrogen) atoms. The van der Waals surface area contributed by atoms with Gasteiger partial charge in [0.15, 0.2) is 5.17 Å². The van der Waals surface area contributed by atoms with Crippen LogP contribution in [-0.4, -0.2) is 28.4 Å². The summed E-state index contributed by atoms with van der Waals surface area (Å²) in [6, 6.07) is 13.2. The van der Waals surface area contributed by atoms with Crippen LogP contribution in [0.15, 0.2) is 58.7 Å². The minimum atomic E-state index is -0.611. The van der Waals surface area contributed by atoms with Crippen LogP contribution in [-0.2, 0) is 9.59 Å². The highest BCUT2D eigenvalue weighted by molar-refractivity contribution is 8.15. The van der Waals surface area contributed by atoms with Crippen molar-refractivity contribution in [1.82, 2.24) is 5.32 Å². The molecule has 2 N–H and O–H groups in total. The molecule has 1 fully saturated rings. The Balaban J connectivity index is 1.59. The van der Waals surface area contributed by atoms with Crippen LogP contribution in [0.3, 0.4) is 0 Å². The van der Waals surface area contributed by atoms with Gasteiger partial charge in [-0.3, -0.25) is 9.59 Å². The van der Waals surface area contributed by atoms with E-state index < -0.39 is 11.1 Å². The van der Waals surface area contributed by atoms with Gasteiger partial charge in [-0.25, -0.2) is 4.39 Å². The van der Waals surface area contributed by atoms with E-state index in [1.807, 2.05) is 6.07 Å². The van der Waals surface area contributed by atoms with Gasteiger partial charge < -0.3 is 10.6 Å². The van der Waals surface area contributed by atoms with E-state index in [0.717, 1.165) is 11.8 Å². The lowest BCUT2D eigenvalue weighted by Crippen LogP contribution is -2.28. The van der Waals surface area contributed by atoms with Gasteiger partial charge in [0.05, 0.1) is 11.2 Å². The fourth-order valence-corrected chi connectivity index (χ4v) is 3.40. The molecule has 2 aromatic carbocycles. The van der Waals surface area contributed by atoms with E-state index in [9.17, 15) is 14.0 Å². The summed E-state index contributed by atoms with van der Waals surface area (Å²) in [5.74, 6) is -1.14. The summed E-state index contributed by atoms with van der Waals surface area (Å²) in [5, 5.41) is 12.7. The molecule has 2 aromatic rings. The first-order valence-corrected chi connectivity index (χ1v) is 9.16. The average Bonchev–Trinajstić information content (AvgIpc) is 2.97. The number of para-hydroxylation sites is 1. The predicted molar refractivity (Wildman–Crippen MR) is 106 cm³/mol. The molecule has 2 amide bonds. The zero-order valence-corrected chi connectivity index (χ0v) is 15.4. The third-order valence-corrected chi connectivity index (χ3v) is 4.94. The van der Waals surface area contributed by atoms with E-state index in [2.05, 4.69) is 20.8 Å². The lowest BCUT2D eigenvalue weighted by atomic mass is 10.2. The van der Waals surface area contributed by atoms with Crippen LogP contribution >= 0.6 is 23.4 Å². The summed E-state index contributed by atoms with van der Waals surface area (Å²) in [6.07, 6.45) is 1.17. The molecule has 3 rings (SSSR count). The summed E-state index contributed by atoms with van der Waals surface area (Å²) in [6.45, 7) is 0. The molecule has 1 aliphatic heterocycles. The number of carbonyl (C=O) groups excluding carboxylic acids is 2. The number of anilines is 1. The van der Waals surface area contributed by atoms with Gasteiger partial charge in [-0.15, -0.1) is 5.10 Å². The van der Waals surface area contributed by atoms with E-state index in [-0.39, 0.29) is 34.0 Å². The van der Waals surface area contributed by atoms with Crippen molar-refractivity contribution >= 4 is 52.2 Å². The second-order valence-corrected chi connectivity index (χ2v) is 7.10. The lowest BCUT2D eigenvalue weighted by molar-refractivity contribution is -0.122. The minimum absolute atomic E-state index is 0.00668. The zero-order chi connectivity index (χ0) is 19.2. The van der Waals surface area contributed by atoms with Gasteiger partial charge in [-0.05, 0) is 24.3 Å². The topological polar surface area (TPSA) is 82.9 Å². The highest BCUT2D eigenvalue weighted by atomic mass is 35.5. The molecule has 0 saturated carbocycles. The molecule has 0 aromatic heterocycles. The van der Waals surface area contributed by atoms with Gasteiger partial charge in [0.25, 0.3) is 0 Å². The molecule has 1 atom stereocenters. The summed E-state index contributed by atoms with van der Waals surface area (Å²) in [7, 11) is 0. The minimum Gasteiger partial charge on any atom is -0.326 e. The monoisotopic (exact) mass is 404 g/mol. The van der Waals surface area contributed by atoms with Crippen molar-refractivity contribution in [3.63, 3.8) is 0 Å². The SMILES string of the molecule is O=C(C[C@@H]1S/C(=N\N=C/c2c(F)cccc2Cl)NC1=O)Nc1ccccc1. The standard InChI is InChI=1S/C18H14ClFN4O2S/c19-13-7-4-8-14(20)12(13)10-21-24-18-23-17(26)15(27-18)9-16(25)22-11-5-2-1-3-6-11/h1-8,10,15H,9H2,(H,22,25)(H,23,24,26)/b21-10-/t15-/m0/s1. The second-order valence-electron chi connectivity index (χ2n) is 5.50. The van der Waals surface area contributed by atoms with E-state index >= 15 is 0 Å². The van der Waals surface area contributed by atoms with Gasteiger partial charge in [-0.2, -0.15) is 5.10 Å². The number of amides is 2. The number of hydrogen-bond donors (Lipinski definition) is 2. The molecule has 6 nitrogen and oxygen atoms in total. The van der Waals surface area contributed by atoms with Crippen molar-refractivity contribution in [3.8, 4) is 0 Å². The first kappa shape index (κ1) is 19.1. The van der Waals surface area contributed by atoms with Crippen LogP contribution in [0.25, 0.3) is 0 Å². The number of hydrogen-bond acceptors (Lipinski definition) is 5. The highest BCUT2D eigenvalue weighted by Crippen LogP contribution is 2.23. The van der Waals surface area contributed by atoms with Crippen LogP contribution in [0.4, 0.5) is 10.1 Å². The Morgan fingerprint density at radius 1 is 1.26 bits per heavy atom. The Hall–Kier alpha value is -2.71. The summed E-state index contributed by atoms with van der Waals surface area (Å²) < 4.78 is 13.7. The maximum absolute atomic E-state index is 13.7. The predicted octanol–water partition coefficient (Wildman–Crippen LogP) is 3.43. The van der Waals surface area contributed by atoms with Crippen LogP contribution in [0.5, 0.6) is 0 Å². The number of carbonyl (C=O) groups is 2. The zero-order valence-electron chi connectivity index (χ0n) is 13.9. The lowest BCUT2D eigenvalue weighted by Gasteiger charge is -2.06. The normalized spacial score (nSPS) is 18.1. The molecular weight excluding hydrogens is 391 g/mol. The quantitative estimate of drug-likeness (QED) is 0.591. The Bertz CT molecular complexity index is 901. The first-order valence-electron chi connectivity index (χ1n) is 7.90. The van der Waals surface area contributed by atoms with E-state index in [1.165, 1.54) is 24.4 Å². The molecule has 0 unspecified atom stereocenters. The van der Waals surface area contributed by atoms with E-state index in [0.29, 0.717) is 5.69 Å². The molecule has 0 aliphatic carbocycles. The number of nitrogens with one attached hydrogen (secondary N) is 2. The Morgan fingerprint density at radius 2 is 2.04 bits per heavy atom. The summed E-state index contributed by atoms with van der Waals surface area (Å²) >= 11 is 6.99. The van der Waals surface area contributed by atoms with Crippen LogP contribution in [0.2, 0.25) is 5.02 Å². The Labute approximate surface area is 163 Å². The average molecular weight is 405 g/mol. The van der Waals surface area contributed by atoms with Crippen molar-refractivity contribution in [2.24, 2.45) is 10.2 Å². The van der Waals surface area contributed by atoms with Gasteiger partial charge in [-0.1, -0.05) is 47.6 Å². The molecule has 0 radical (unpaired) electrons. The number of benzene rings is 2. The smallest absolute Gasteiger partial charge is 0.240 e. The Morgan fingerprint density at radius 3 is 2.78 bits per heavy atom. The van der Waals surface area contributed by atoms with Crippen molar-refractivity contribution in [1.29, 1.82) is 0 Å².